The predicted octanol–water partition coefficient (Wildman–Crippen LogP) is 4.29. The second kappa shape index (κ2) is 5.78. The first kappa shape index (κ1) is 14.6. The average molecular weight is 433 g/mol. The summed E-state index contributed by atoms with van der Waals surface area (Å²) in [6.07, 6.45) is 1.47. The molecular weight excluding hydrogens is 426 g/mol. The summed E-state index contributed by atoms with van der Waals surface area (Å²) in [4.78, 5) is 8.41. The number of benzene rings is 1. The maximum atomic E-state index is 6.08. The van der Waals surface area contributed by atoms with Crippen LogP contribution in [0.15, 0.2) is 35.0 Å². The molecule has 5 nitrogen and oxygen atoms in total. The third-order valence-electron chi connectivity index (χ3n) is 2.69. The monoisotopic (exact) mass is 432 g/mol. The molecule has 0 spiro atoms. The molecule has 0 atom stereocenters. The number of nitrogens with two attached hydrogens (primary N) is 1. The van der Waals surface area contributed by atoms with Crippen LogP contribution < -0.4 is 5.73 Å². The van der Waals surface area contributed by atoms with Gasteiger partial charge in [-0.3, -0.25) is 0 Å². The lowest BCUT2D eigenvalue weighted by atomic mass is 10.2. The van der Waals surface area contributed by atoms with E-state index in [1.54, 1.807) is 12.1 Å². The highest BCUT2D eigenvalue weighted by Gasteiger charge is 2.16. The standard InChI is InChI=1S/C13H7Cl2IN4O/c14-6-3-9(15)11(18-5-6)12-19-13(21-20-12)8-4-7(16)1-2-10(8)17/h1-5H,17H2. The molecule has 106 valence electrons. The number of pyridine rings is 1. The molecule has 0 unspecified atom stereocenters. The molecule has 8 heteroatoms. The molecular formula is C13H7Cl2IN4O. The van der Waals surface area contributed by atoms with E-state index in [9.17, 15) is 0 Å². The molecule has 0 radical (unpaired) electrons. The zero-order valence-electron chi connectivity index (χ0n) is 10.3. The fourth-order valence-electron chi connectivity index (χ4n) is 1.72. The number of halogens is 3. The van der Waals surface area contributed by atoms with Gasteiger partial charge < -0.3 is 10.3 Å². The average Bonchev–Trinajstić information content (AvgIpc) is 2.91. The molecule has 2 aromatic heterocycles. The smallest absolute Gasteiger partial charge is 0.260 e. The maximum absolute atomic E-state index is 6.08. The molecule has 0 aliphatic rings. The normalized spacial score (nSPS) is 10.8. The van der Waals surface area contributed by atoms with E-state index in [4.69, 9.17) is 33.5 Å². The van der Waals surface area contributed by atoms with E-state index >= 15 is 0 Å². The number of hydrogen-bond acceptors (Lipinski definition) is 5. The van der Waals surface area contributed by atoms with E-state index in [1.807, 2.05) is 12.1 Å². The number of hydrogen-bond donors (Lipinski definition) is 1. The van der Waals surface area contributed by atoms with Crippen molar-refractivity contribution in [3.05, 3.63) is 44.1 Å². The summed E-state index contributed by atoms with van der Waals surface area (Å²) in [6.45, 7) is 0. The molecule has 0 saturated carbocycles. The van der Waals surface area contributed by atoms with Crippen molar-refractivity contribution in [2.45, 2.75) is 0 Å². The zero-order chi connectivity index (χ0) is 15.0. The van der Waals surface area contributed by atoms with Crippen LogP contribution in [0.4, 0.5) is 5.69 Å². The molecule has 21 heavy (non-hydrogen) atoms. The van der Waals surface area contributed by atoms with Crippen LogP contribution in [0.25, 0.3) is 23.0 Å². The molecule has 0 saturated heterocycles. The predicted molar refractivity (Wildman–Crippen MR) is 90.1 cm³/mol. The van der Waals surface area contributed by atoms with Crippen molar-refractivity contribution in [3.8, 4) is 23.0 Å². The fraction of sp³-hybridized carbons (Fsp3) is 0. The van der Waals surface area contributed by atoms with Crippen LogP contribution in [0.1, 0.15) is 0 Å². The highest BCUT2D eigenvalue weighted by atomic mass is 127. The van der Waals surface area contributed by atoms with Crippen LogP contribution in [0.3, 0.4) is 0 Å². The molecule has 0 fully saturated rings. The first-order chi connectivity index (χ1) is 10.0. The molecule has 3 aromatic rings. The van der Waals surface area contributed by atoms with E-state index < -0.39 is 0 Å². The topological polar surface area (TPSA) is 77.8 Å². The van der Waals surface area contributed by atoms with Crippen molar-refractivity contribution in [2.75, 3.05) is 5.73 Å². The molecule has 1 aromatic carbocycles. The second-order valence-electron chi connectivity index (χ2n) is 4.14. The third kappa shape index (κ3) is 2.97. The van der Waals surface area contributed by atoms with Crippen molar-refractivity contribution < 1.29 is 4.52 Å². The first-order valence-electron chi connectivity index (χ1n) is 5.75. The van der Waals surface area contributed by atoms with Gasteiger partial charge in [0.15, 0.2) is 0 Å². The summed E-state index contributed by atoms with van der Waals surface area (Å²) < 4.78 is 6.26. The van der Waals surface area contributed by atoms with E-state index in [-0.39, 0.29) is 5.82 Å². The van der Waals surface area contributed by atoms with Crippen LogP contribution in [0.5, 0.6) is 0 Å². The SMILES string of the molecule is Nc1ccc(I)cc1-c1nc(-c2ncc(Cl)cc2Cl)no1. The summed E-state index contributed by atoms with van der Waals surface area (Å²) in [7, 11) is 0. The Morgan fingerprint density at radius 1 is 1.19 bits per heavy atom. The summed E-state index contributed by atoms with van der Waals surface area (Å²) >= 11 is 14.1. The Bertz CT molecular complexity index is 822. The highest BCUT2D eigenvalue weighted by molar-refractivity contribution is 14.1. The molecule has 0 aliphatic heterocycles. The van der Waals surface area contributed by atoms with E-state index in [0.717, 1.165) is 3.57 Å². The Balaban J connectivity index is 2.06. The van der Waals surface area contributed by atoms with Gasteiger partial charge in [0, 0.05) is 15.5 Å². The highest BCUT2D eigenvalue weighted by Crippen LogP contribution is 2.30. The van der Waals surface area contributed by atoms with Crippen molar-refractivity contribution >= 4 is 51.5 Å². The second-order valence-corrected chi connectivity index (χ2v) is 6.23. The Morgan fingerprint density at radius 2 is 2.00 bits per heavy atom. The van der Waals surface area contributed by atoms with Gasteiger partial charge in [-0.05, 0) is 46.9 Å². The van der Waals surface area contributed by atoms with Crippen LogP contribution in [0.2, 0.25) is 10.0 Å². The number of nitrogen functional groups attached to an aromatic ring is 1. The van der Waals surface area contributed by atoms with Gasteiger partial charge in [-0.25, -0.2) is 4.98 Å². The molecule has 0 amide bonds. The quantitative estimate of drug-likeness (QED) is 0.482. The minimum Gasteiger partial charge on any atom is -0.398 e. The zero-order valence-corrected chi connectivity index (χ0v) is 14.0. The lowest BCUT2D eigenvalue weighted by Gasteiger charge is -2.00. The molecule has 0 bridgehead atoms. The van der Waals surface area contributed by atoms with E-state index in [1.165, 1.54) is 6.20 Å². The summed E-state index contributed by atoms with van der Waals surface area (Å²) in [5.74, 6) is 0.596. The number of nitrogens with zero attached hydrogens (tertiary/aromatic N) is 3. The number of anilines is 1. The van der Waals surface area contributed by atoms with Crippen LogP contribution in [0, 0.1) is 3.57 Å². The third-order valence-corrected chi connectivity index (χ3v) is 3.86. The van der Waals surface area contributed by atoms with Gasteiger partial charge in [0.1, 0.15) is 5.69 Å². The Morgan fingerprint density at radius 3 is 2.76 bits per heavy atom. The van der Waals surface area contributed by atoms with Crippen LogP contribution >= 0.6 is 45.8 Å². The van der Waals surface area contributed by atoms with Crippen molar-refractivity contribution in [1.29, 1.82) is 0 Å². The summed E-state index contributed by atoms with van der Waals surface area (Å²) in [6, 6.07) is 7.12. The fourth-order valence-corrected chi connectivity index (χ4v) is 2.68. The van der Waals surface area contributed by atoms with Gasteiger partial charge >= 0.3 is 0 Å². The minimum atomic E-state index is 0.282. The van der Waals surface area contributed by atoms with Crippen molar-refractivity contribution in [1.82, 2.24) is 15.1 Å². The summed E-state index contributed by atoms with van der Waals surface area (Å²) in [5.41, 5.74) is 7.56. The molecule has 0 aliphatic carbocycles. The lowest BCUT2D eigenvalue weighted by molar-refractivity contribution is 0.432. The van der Waals surface area contributed by atoms with Gasteiger partial charge in [0.05, 0.1) is 15.6 Å². The van der Waals surface area contributed by atoms with Crippen LogP contribution in [-0.2, 0) is 0 Å². The van der Waals surface area contributed by atoms with Gasteiger partial charge in [-0.2, -0.15) is 4.98 Å². The summed E-state index contributed by atoms with van der Waals surface area (Å²) in [5, 5.41) is 4.68. The van der Waals surface area contributed by atoms with E-state index in [0.29, 0.717) is 32.9 Å². The van der Waals surface area contributed by atoms with Gasteiger partial charge in [0.2, 0.25) is 5.82 Å². The largest absolute Gasteiger partial charge is 0.398 e. The van der Waals surface area contributed by atoms with Crippen LogP contribution in [-0.4, -0.2) is 15.1 Å². The van der Waals surface area contributed by atoms with Crippen molar-refractivity contribution in [3.63, 3.8) is 0 Å². The van der Waals surface area contributed by atoms with E-state index in [2.05, 4.69) is 37.7 Å². The van der Waals surface area contributed by atoms with Gasteiger partial charge in [-0.15, -0.1) is 0 Å². The Labute approximate surface area is 143 Å². The molecule has 3 rings (SSSR count). The van der Waals surface area contributed by atoms with Crippen molar-refractivity contribution in [2.24, 2.45) is 0 Å². The lowest BCUT2D eigenvalue weighted by Crippen LogP contribution is -1.91. The first-order valence-corrected chi connectivity index (χ1v) is 7.58. The minimum absolute atomic E-state index is 0.282. The number of rotatable bonds is 2. The van der Waals surface area contributed by atoms with Gasteiger partial charge in [0.25, 0.3) is 5.89 Å². The Kier molecular flexibility index (Phi) is 4.01. The molecule has 2 N–H and O–H groups in total. The van der Waals surface area contributed by atoms with Gasteiger partial charge in [-0.1, -0.05) is 28.4 Å². The maximum Gasteiger partial charge on any atom is 0.260 e. The number of aromatic nitrogens is 3. The molecule has 2 heterocycles. The Hall–Kier alpha value is -1.38.